The second-order valence-electron chi connectivity index (χ2n) is 3.86. The number of benzene rings is 1. The zero-order chi connectivity index (χ0) is 13.0. The summed E-state index contributed by atoms with van der Waals surface area (Å²) in [6.07, 6.45) is 1.74. The van der Waals surface area contributed by atoms with E-state index in [0.29, 0.717) is 10.4 Å². The van der Waals surface area contributed by atoms with E-state index in [1.54, 1.807) is 31.4 Å². The molecule has 1 aromatic carbocycles. The predicted molar refractivity (Wildman–Crippen MR) is 70.3 cm³/mol. The summed E-state index contributed by atoms with van der Waals surface area (Å²) in [6, 6.07) is 7.08. The van der Waals surface area contributed by atoms with Crippen LogP contribution in [0.25, 0.3) is 0 Å². The number of hydrogen-bond donors (Lipinski definition) is 0. The maximum atomic E-state index is 12.3. The van der Waals surface area contributed by atoms with E-state index in [0.717, 1.165) is 35.8 Å². The van der Waals surface area contributed by atoms with Crippen molar-refractivity contribution in [1.29, 1.82) is 0 Å². The Morgan fingerprint density at radius 3 is 2.67 bits per heavy atom. The Balaban J connectivity index is 2.26. The average Bonchev–Trinajstić information content (AvgIpc) is 2.87. The summed E-state index contributed by atoms with van der Waals surface area (Å²) in [5.74, 6) is 0.721. The van der Waals surface area contributed by atoms with Gasteiger partial charge >= 0.3 is 0 Å². The number of methoxy groups -OCH3 is 1. The van der Waals surface area contributed by atoms with Gasteiger partial charge in [-0.15, -0.1) is 5.10 Å². The maximum absolute atomic E-state index is 12.3. The van der Waals surface area contributed by atoms with Crippen LogP contribution in [0.1, 0.15) is 34.3 Å². The number of carbonyl (C=O) groups excluding carboxylic acids is 1. The summed E-state index contributed by atoms with van der Waals surface area (Å²) in [5, 5.41) is 4.01. The van der Waals surface area contributed by atoms with Gasteiger partial charge in [-0.25, -0.2) is 0 Å². The quantitative estimate of drug-likeness (QED) is 0.777. The van der Waals surface area contributed by atoms with Crippen molar-refractivity contribution in [3.05, 3.63) is 40.4 Å². The van der Waals surface area contributed by atoms with Crippen LogP contribution in [0.2, 0.25) is 0 Å². The second-order valence-corrected chi connectivity index (χ2v) is 4.61. The van der Waals surface area contributed by atoms with Crippen molar-refractivity contribution in [1.82, 2.24) is 9.59 Å². The highest BCUT2D eigenvalue weighted by Crippen LogP contribution is 2.19. The van der Waals surface area contributed by atoms with Gasteiger partial charge in [0, 0.05) is 5.56 Å². The molecule has 2 aromatic rings. The molecule has 94 valence electrons. The van der Waals surface area contributed by atoms with E-state index in [-0.39, 0.29) is 5.78 Å². The third-order valence-corrected chi connectivity index (χ3v) is 3.37. The van der Waals surface area contributed by atoms with Crippen molar-refractivity contribution in [2.45, 2.75) is 19.8 Å². The Morgan fingerprint density at radius 2 is 2.06 bits per heavy atom. The summed E-state index contributed by atoms with van der Waals surface area (Å²) < 4.78 is 8.94. The molecule has 0 aliphatic heterocycles. The Labute approximate surface area is 110 Å². The van der Waals surface area contributed by atoms with Crippen molar-refractivity contribution in [3.63, 3.8) is 0 Å². The second kappa shape index (κ2) is 5.73. The van der Waals surface area contributed by atoms with Crippen LogP contribution in [0.3, 0.4) is 0 Å². The molecule has 1 aromatic heterocycles. The minimum atomic E-state index is -0.0175. The molecular formula is C13H14N2O2S. The van der Waals surface area contributed by atoms with Crippen LogP contribution in [-0.4, -0.2) is 22.5 Å². The van der Waals surface area contributed by atoms with Crippen molar-refractivity contribution in [2.24, 2.45) is 0 Å². The fraction of sp³-hybridized carbons (Fsp3) is 0.308. The normalized spacial score (nSPS) is 10.3. The van der Waals surface area contributed by atoms with Gasteiger partial charge in [0.25, 0.3) is 0 Å². The maximum Gasteiger partial charge on any atom is 0.206 e. The molecule has 0 radical (unpaired) electrons. The van der Waals surface area contributed by atoms with E-state index in [2.05, 4.69) is 16.5 Å². The number of aryl methyl sites for hydroxylation is 1. The van der Waals surface area contributed by atoms with Crippen LogP contribution in [0.15, 0.2) is 24.3 Å². The lowest BCUT2D eigenvalue weighted by Gasteiger charge is -2.02. The first-order valence-corrected chi connectivity index (χ1v) is 6.53. The van der Waals surface area contributed by atoms with Crippen LogP contribution in [0.4, 0.5) is 0 Å². The van der Waals surface area contributed by atoms with Crippen molar-refractivity contribution < 1.29 is 9.53 Å². The Kier molecular flexibility index (Phi) is 4.04. The minimum Gasteiger partial charge on any atom is -0.497 e. The summed E-state index contributed by atoms with van der Waals surface area (Å²) in [6.45, 7) is 2.06. The van der Waals surface area contributed by atoms with Gasteiger partial charge in [0.15, 0.2) is 0 Å². The molecule has 4 nitrogen and oxygen atoms in total. The summed E-state index contributed by atoms with van der Waals surface area (Å²) in [7, 11) is 1.60. The van der Waals surface area contributed by atoms with Gasteiger partial charge < -0.3 is 4.74 Å². The molecule has 2 rings (SSSR count). The van der Waals surface area contributed by atoms with E-state index in [9.17, 15) is 4.79 Å². The number of rotatable bonds is 5. The van der Waals surface area contributed by atoms with Crippen molar-refractivity contribution >= 4 is 17.3 Å². The Bertz CT molecular complexity index is 534. The molecule has 0 fully saturated rings. The van der Waals surface area contributed by atoms with E-state index in [1.807, 2.05) is 0 Å². The molecule has 0 saturated heterocycles. The van der Waals surface area contributed by atoms with Crippen molar-refractivity contribution in [3.8, 4) is 5.75 Å². The standard InChI is InChI=1S/C13H14N2O2S/c1-3-4-11-13(18-15-14-11)12(16)9-5-7-10(17-2)8-6-9/h5-8H,3-4H2,1-2H3. The first kappa shape index (κ1) is 12.7. The zero-order valence-corrected chi connectivity index (χ0v) is 11.2. The Morgan fingerprint density at radius 1 is 1.33 bits per heavy atom. The first-order valence-electron chi connectivity index (χ1n) is 5.76. The molecule has 0 unspecified atom stereocenters. The molecule has 0 atom stereocenters. The fourth-order valence-electron chi connectivity index (χ4n) is 1.65. The third kappa shape index (κ3) is 2.56. The van der Waals surface area contributed by atoms with Gasteiger partial charge in [-0.3, -0.25) is 4.79 Å². The highest BCUT2D eigenvalue weighted by Gasteiger charge is 2.17. The molecule has 0 amide bonds. The van der Waals surface area contributed by atoms with E-state index < -0.39 is 0 Å². The van der Waals surface area contributed by atoms with E-state index in [4.69, 9.17) is 4.74 Å². The number of hydrogen-bond acceptors (Lipinski definition) is 5. The largest absolute Gasteiger partial charge is 0.497 e. The summed E-state index contributed by atoms with van der Waals surface area (Å²) >= 11 is 1.16. The smallest absolute Gasteiger partial charge is 0.206 e. The summed E-state index contributed by atoms with van der Waals surface area (Å²) in [4.78, 5) is 12.9. The first-order chi connectivity index (χ1) is 8.76. The molecule has 1 heterocycles. The lowest BCUT2D eigenvalue weighted by Crippen LogP contribution is -2.02. The van der Waals surface area contributed by atoms with Gasteiger partial charge in [0.2, 0.25) is 5.78 Å². The molecule has 5 heteroatoms. The SMILES string of the molecule is CCCc1nnsc1C(=O)c1ccc(OC)cc1. The van der Waals surface area contributed by atoms with Gasteiger partial charge in [-0.2, -0.15) is 0 Å². The van der Waals surface area contributed by atoms with Crippen molar-refractivity contribution in [2.75, 3.05) is 7.11 Å². The van der Waals surface area contributed by atoms with Gasteiger partial charge in [0.1, 0.15) is 10.6 Å². The van der Waals surface area contributed by atoms with Crippen LogP contribution in [0, 0.1) is 0 Å². The Hall–Kier alpha value is -1.75. The lowest BCUT2D eigenvalue weighted by molar-refractivity contribution is 0.104. The highest BCUT2D eigenvalue weighted by atomic mass is 32.1. The van der Waals surface area contributed by atoms with Gasteiger partial charge in [0.05, 0.1) is 12.8 Å². The number of aromatic nitrogens is 2. The predicted octanol–water partition coefficient (Wildman–Crippen LogP) is 2.73. The summed E-state index contributed by atoms with van der Waals surface area (Å²) in [5.41, 5.74) is 1.43. The molecule has 0 N–H and O–H groups in total. The zero-order valence-electron chi connectivity index (χ0n) is 10.3. The molecule has 0 spiro atoms. The van der Waals surface area contributed by atoms with Crippen LogP contribution >= 0.6 is 11.5 Å². The van der Waals surface area contributed by atoms with Gasteiger partial charge in [-0.1, -0.05) is 17.8 Å². The van der Waals surface area contributed by atoms with Crippen LogP contribution in [0.5, 0.6) is 5.75 Å². The molecule has 0 saturated carbocycles. The highest BCUT2D eigenvalue weighted by molar-refractivity contribution is 7.08. The molecule has 0 aliphatic rings. The van der Waals surface area contributed by atoms with E-state index in [1.165, 1.54) is 0 Å². The molecular weight excluding hydrogens is 248 g/mol. The fourth-order valence-corrected chi connectivity index (χ4v) is 2.33. The van der Waals surface area contributed by atoms with Crippen LogP contribution < -0.4 is 4.74 Å². The van der Waals surface area contributed by atoms with Crippen LogP contribution in [-0.2, 0) is 6.42 Å². The van der Waals surface area contributed by atoms with Gasteiger partial charge in [-0.05, 0) is 42.2 Å². The number of ether oxygens (including phenoxy) is 1. The number of nitrogens with zero attached hydrogens (tertiary/aromatic N) is 2. The average molecular weight is 262 g/mol. The monoisotopic (exact) mass is 262 g/mol. The topological polar surface area (TPSA) is 52.1 Å². The molecule has 0 aliphatic carbocycles. The third-order valence-electron chi connectivity index (χ3n) is 2.60. The number of ketones is 1. The number of carbonyl (C=O) groups is 1. The molecule has 0 bridgehead atoms. The minimum absolute atomic E-state index is 0.0175. The molecule has 18 heavy (non-hydrogen) atoms. The van der Waals surface area contributed by atoms with E-state index >= 15 is 0 Å². The lowest BCUT2D eigenvalue weighted by atomic mass is 10.1.